The van der Waals surface area contributed by atoms with Crippen molar-refractivity contribution in [2.24, 2.45) is 5.92 Å². The highest BCUT2D eigenvalue weighted by Gasteiger charge is 2.53. The third kappa shape index (κ3) is 3.08. The molecule has 0 N–H and O–H groups in total. The maximum atomic E-state index is 13.0. The number of carbonyl (C=O) groups is 1. The van der Waals surface area contributed by atoms with Crippen LogP contribution in [0.5, 0.6) is 5.75 Å². The molecule has 4 rings (SSSR count). The van der Waals surface area contributed by atoms with Crippen LogP contribution >= 0.6 is 0 Å². The smallest absolute Gasteiger partial charge is 0.257 e. The number of para-hydroxylation sites is 2. The average molecular weight is 404 g/mol. The summed E-state index contributed by atoms with van der Waals surface area (Å²) in [5.74, 6) is 0.583. The lowest BCUT2D eigenvalue weighted by Crippen LogP contribution is -2.38. The van der Waals surface area contributed by atoms with Crippen LogP contribution < -0.4 is 4.74 Å². The zero-order valence-electron chi connectivity index (χ0n) is 16.1. The normalized spacial score (nSPS) is 25.9. The van der Waals surface area contributed by atoms with Gasteiger partial charge in [-0.1, -0.05) is 12.1 Å². The quantitative estimate of drug-likeness (QED) is 0.745. The van der Waals surface area contributed by atoms with Crippen molar-refractivity contribution in [1.82, 2.24) is 19.6 Å². The Bertz CT molecular complexity index is 1000. The molecule has 0 bridgehead atoms. The maximum Gasteiger partial charge on any atom is 0.257 e. The molecule has 1 aromatic heterocycles. The number of sulfone groups is 1. The largest absolute Gasteiger partial charge is 0.494 e. The molecular formula is C19H24N4O4S. The van der Waals surface area contributed by atoms with E-state index in [0.29, 0.717) is 17.9 Å². The van der Waals surface area contributed by atoms with Gasteiger partial charge in [-0.05, 0) is 26.2 Å². The molecule has 0 saturated carbocycles. The zero-order chi connectivity index (χ0) is 20.1. The van der Waals surface area contributed by atoms with E-state index in [9.17, 15) is 13.2 Å². The Hall–Kier alpha value is -2.39. The van der Waals surface area contributed by atoms with Gasteiger partial charge in [0.05, 0.1) is 29.9 Å². The molecule has 3 atom stereocenters. The first-order valence-electron chi connectivity index (χ1n) is 9.17. The van der Waals surface area contributed by atoms with Gasteiger partial charge in [0.2, 0.25) is 0 Å². The van der Waals surface area contributed by atoms with E-state index in [1.165, 1.54) is 6.20 Å². The van der Waals surface area contributed by atoms with Crippen LogP contribution in [0.1, 0.15) is 10.4 Å². The molecule has 0 aliphatic carbocycles. The molecule has 0 unspecified atom stereocenters. The maximum absolute atomic E-state index is 13.0. The van der Waals surface area contributed by atoms with Crippen molar-refractivity contribution in [3.63, 3.8) is 0 Å². The minimum Gasteiger partial charge on any atom is -0.494 e. The highest BCUT2D eigenvalue weighted by atomic mass is 32.2. The molecule has 0 spiro atoms. The molecule has 150 valence electrons. The van der Waals surface area contributed by atoms with E-state index in [1.54, 1.807) is 22.9 Å². The number of aromatic nitrogens is 2. The van der Waals surface area contributed by atoms with Gasteiger partial charge in [0.1, 0.15) is 11.4 Å². The van der Waals surface area contributed by atoms with E-state index in [4.69, 9.17) is 4.74 Å². The Morgan fingerprint density at radius 1 is 1.25 bits per heavy atom. The van der Waals surface area contributed by atoms with E-state index in [2.05, 4.69) is 5.10 Å². The number of carbonyl (C=O) groups excluding carboxylic acids is 1. The van der Waals surface area contributed by atoms with E-state index in [1.807, 2.05) is 43.3 Å². The SMILES string of the molecule is COc1ccccc1-n1cc(C(=O)N2C[C@H]3[C@H](N(C)C)CS(=O)(=O)[C@H]3C2)cn1. The summed E-state index contributed by atoms with van der Waals surface area (Å²) in [6.45, 7) is 0.696. The summed E-state index contributed by atoms with van der Waals surface area (Å²) in [5.41, 5.74) is 1.17. The van der Waals surface area contributed by atoms with Crippen molar-refractivity contribution in [2.45, 2.75) is 11.3 Å². The van der Waals surface area contributed by atoms with Crippen LogP contribution in [0, 0.1) is 5.92 Å². The van der Waals surface area contributed by atoms with Gasteiger partial charge in [-0.25, -0.2) is 13.1 Å². The van der Waals surface area contributed by atoms with Crippen molar-refractivity contribution in [3.8, 4) is 11.4 Å². The number of rotatable bonds is 4. The average Bonchev–Trinajstić information content (AvgIpc) is 3.37. The van der Waals surface area contributed by atoms with Crippen LogP contribution in [0.25, 0.3) is 5.69 Å². The second-order valence-electron chi connectivity index (χ2n) is 7.62. The van der Waals surface area contributed by atoms with Gasteiger partial charge in [-0.3, -0.25) is 4.79 Å². The van der Waals surface area contributed by atoms with Gasteiger partial charge in [-0.15, -0.1) is 0 Å². The van der Waals surface area contributed by atoms with Gasteiger partial charge in [0.15, 0.2) is 9.84 Å². The molecular weight excluding hydrogens is 380 g/mol. The standard InChI is InChI=1S/C19H24N4O4S/c1-21(2)16-12-28(25,26)18-11-22(10-14(16)18)19(24)13-8-20-23(9-13)15-6-4-5-7-17(15)27-3/h4-9,14,16,18H,10-12H2,1-3H3/t14-,16+,18-/m0/s1. The Balaban J connectivity index is 1.56. The molecule has 2 aromatic rings. The molecule has 1 amide bonds. The van der Waals surface area contributed by atoms with Crippen molar-refractivity contribution >= 4 is 15.7 Å². The summed E-state index contributed by atoms with van der Waals surface area (Å²) in [4.78, 5) is 16.6. The Labute approximate surface area is 164 Å². The number of methoxy groups -OCH3 is 1. The van der Waals surface area contributed by atoms with Gasteiger partial charge in [-0.2, -0.15) is 5.10 Å². The third-order valence-electron chi connectivity index (χ3n) is 5.78. The second-order valence-corrected chi connectivity index (χ2v) is 9.88. The van der Waals surface area contributed by atoms with Gasteiger partial charge >= 0.3 is 0 Å². The monoisotopic (exact) mass is 404 g/mol. The van der Waals surface area contributed by atoms with Gasteiger partial charge in [0.25, 0.3) is 5.91 Å². The van der Waals surface area contributed by atoms with Crippen LogP contribution in [-0.4, -0.2) is 85.2 Å². The third-order valence-corrected chi connectivity index (χ3v) is 8.01. The summed E-state index contributed by atoms with van der Waals surface area (Å²) >= 11 is 0. The number of amides is 1. The molecule has 0 radical (unpaired) electrons. The lowest BCUT2D eigenvalue weighted by Gasteiger charge is -2.24. The van der Waals surface area contributed by atoms with Crippen LogP contribution in [0.3, 0.4) is 0 Å². The van der Waals surface area contributed by atoms with Crippen molar-refractivity contribution in [3.05, 3.63) is 42.2 Å². The van der Waals surface area contributed by atoms with Crippen LogP contribution in [0.2, 0.25) is 0 Å². The number of likely N-dealkylation sites (tertiary alicyclic amines) is 1. The van der Waals surface area contributed by atoms with Crippen molar-refractivity contribution < 1.29 is 17.9 Å². The summed E-state index contributed by atoms with van der Waals surface area (Å²) in [6, 6.07) is 7.36. The molecule has 28 heavy (non-hydrogen) atoms. The van der Waals surface area contributed by atoms with Crippen molar-refractivity contribution in [1.29, 1.82) is 0 Å². The van der Waals surface area contributed by atoms with Crippen molar-refractivity contribution in [2.75, 3.05) is 40.0 Å². The molecule has 1 aromatic carbocycles. The van der Waals surface area contributed by atoms with Crippen LogP contribution in [0.15, 0.2) is 36.7 Å². The number of nitrogens with zero attached hydrogens (tertiary/aromatic N) is 4. The Morgan fingerprint density at radius 3 is 2.71 bits per heavy atom. The Morgan fingerprint density at radius 2 is 2.00 bits per heavy atom. The summed E-state index contributed by atoms with van der Waals surface area (Å²) in [7, 11) is 2.18. The topological polar surface area (TPSA) is 84.7 Å². The zero-order valence-corrected chi connectivity index (χ0v) is 17.0. The van der Waals surface area contributed by atoms with Gasteiger partial charge < -0.3 is 14.5 Å². The summed E-state index contributed by atoms with van der Waals surface area (Å²) in [5, 5.41) is 3.82. The van der Waals surface area contributed by atoms with E-state index in [0.717, 1.165) is 5.69 Å². The highest BCUT2D eigenvalue weighted by molar-refractivity contribution is 7.92. The number of hydrogen-bond donors (Lipinski definition) is 0. The number of hydrogen-bond acceptors (Lipinski definition) is 6. The van der Waals surface area contributed by atoms with E-state index >= 15 is 0 Å². The fourth-order valence-corrected chi connectivity index (χ4v) is 6.77. The summed E-state index contributed by atoms with van der Waals surface area (Å²) < 4.78 is 32.0. The molecule has 2 aliphatic rings. The molecule has 8 nitrogen and oxygen atoms in total. The first-order chi connectivity index (χ1) is 13.3. The molecule has 9 heteroatoms. The van der Waals surface area contributed by atoms with Crippen LogP contribution in [-0.2, 0) is 9.84 Å². The first kappa shape index (κ1) is 18.9. The molecule has 3 heterocycles. The van der Waals surface area contributed by atoms with E-state index < -0.39 is 15.1 Å². The number of ether oxygens (including phenoxy) is 1. The minimum atomic E-state index is -3.19. The molecule has 2 aliphatic heterocycles. The predicted octanol–water partition coefficient (Wildman–Crippen LogP) is 0.680. The lowest BCUT2D eigenvalue weighted by molar-refractivity contribution is 0.0779. The van der Waals surface area contributed by atoms with Crippen LogP contribution in [0.4, 0.5) is 0 Å². The minimum absolute atomic E-state index is 0.0480. The predicted molar refractivity (Wildman–Crippen MR) is 105 cm³/mol. The summed E-state index contributed by atoms with van der Waals surface area (Å²) in [6.07, 6.45) is 3.17. The lowest BCUT2D eigenvalue weighted by atomic mass is 10.00. The molecule has 2 saturated heterocycles. The second kappa shape index (κ2) is 6.89. The first-order valence-corrected chi connectivity index (χ1v) is 10.9. The molecule has 2 fully saturated rings. The Kier molecular flexibility index (Phi) is 4.67. The fraction of sp³-hybridized carbons (Fsp3) is 0.474. The van der Waals surface area contributed by atoms with E-state index in [-0.39, 0.29) is 30.2 Å². The van der Waals surface area contributed by atoms with Gasteiger partial charge in [0, 0.05) is 31.2 Å². The highest BCUT2D eigenvalue weighted by Crippen LogP contribution is 2.36. The fourth-order valence-electron chi connectivity index (χ4n) is 4.30. The number of fused-ring (bicyclic) bond motifs is 1. The number of benzene rings is 1.